The Labute approximate surface area is 348 Å². The summed E-state index contributed by atoms with van der Waals surface area (Å²) in [5.74, 6) is 6.47. The Kier molecular flexibility index (Phi) is 7.23. The first kappa shape index (κ1) is 33.6. The third kappa shape index (κ3) is 4.73. The summed E-state index contributed by atoms with van der Waals surface area (Å²) >= 11 is 0. The van der Waals surface area contributed by atoms with Gasteiger partial charge < -0.3 is 23.9 Å². The average molecular weight is 776 g/mol. The zero-order valence-corrected chi connectivity index (χ0v) is 34.0. The van der Waals surface area contributed by atoms with Crippen molar-refractivity contribution < 1.29 is 9.15 Å². The first-order valence-electron chi connectivity index (χ1n) is 23.2. The third-order valence-electron chi connectivity index (χ3n) is 16.3. The van der Waals surface area contributed by atoms with Crippen LogP contribution in [0.4, 0.5) is 0 Å². The molecular weight excluding hydrogens is 723 g/mol. The van der Waals surface area contributed by atoms with E-state index in [9.17, 15) is 0 Å². The highest BCUT2D eigenvalue weighted by Gasteiger charge is 2.53. The minimum Gasteiger partial charge on any atom is -0.465 e. The van der Waals surface area contributed by atoms with Gasteiger partial charge in [0.15, 0.2) is 0 Å². The quantitative estimate of drug-likeness (QED) is 0.286. The number of ether oxygens (including phenoxy) is 1. The molecule has 0 fully saturated rings. The maximum atomic E-state index is 6.59. The van der Waals surface area contributed by atoms with Gasteiger partial charge in [0.2, 0.25) is 0 Å². The van der Waals surface area contributed by atoms with E-state index in [1.165, 1.54) is 88.9 Å². The van der Waals surface area contributed by atoms with Crippen LogP contribution in [0.25, 0.3) is 12.2 Å². The Morgan fingerprint density at radius 3 is 2.37 bits per heavy atom. The lowest BCUT2D eigenvalue weighted by Gasteiger charge is -2.41. The molecule has 4 aliphatic heterocycles. The lowest BCUT2D eigenvalue weighted by Crippen LogP contribution is -2.39. The van der Waals surface area contributed by atoms with E-state index in [1.54, 1.807) is 28.1 Å². The normalized spacial score (nSPS) is 34.0. The van der Waals surface area contributed by atoms with Crippen LogP contribution in [-0.4, -0.2) is 32.8 Å². The predicted octanol–water partition coefficient (Wildman–Crippen LogP) is 11.9. The first-order valence-corrected chi connectivity index (χ1v) is 23.2. The molecule has 5 nitrogen and oxygen atoms in total. The van der Waals surface area contributed by atoms with Crippen molar-refractivity contribution in [2.24, 2.45) is 23.7 Å². The molecule has 13 aliphatic rings. The molecule has 0 saturated heterocycles. The zero-order chi connectivity index (χ0) is 38.3. The minimum atomic E-state index is 0.265. The first-order chi connectivity index (χ1) is 29.3. The van der Waals surface area contributed by atoms with Crippen LogP contribution in [0, 0.1) is 23.7 Å². The summed E-state index contributed by atoms with van der Waals surface area (Å²) in [5.41, 5.74) is 18.1. The van der Waals surface area contributed by atoms with Gasteiger partial charge in [0.1, 0.15) is 23.0 Å². The number of aryl methyl sites for hydroxylation is 2. The fourth-order valence-electron chi connectivity index (χ4n) is 13.8. The number of hydrogen-bond acceptors (Lipinski definition) is 5. The number of nitrogens with zero attached hydrogens (tertiary/aromatic N) is 3. The number of rotatable bonds is 3. The summed E-state index contributed by atoms with van der Waals surface area (Å²) in [6.07, 6.45) is 56.1. The topological polar surface area (TPSA) is 32.1 Å². The van der Waals surface area contributed by atoms with Crippen LogP contribution in [0.2, 0.25) is 0 Å². The molecule has 1 aromatic heterocycles. The average Bonchev–Trinajstić information content (AvgIpc) is 4.09. The van der Waals surface area contributed by atoms with Gasteiger partial charge in [-0.25, -0.2) is 0 Å². The van der Waals surface area contributed by atoms with Crippen LogP contribution in [0.1, 0.15) is 106 Å². The number of fused-ring (bicyclic) bond motifs is 12. The summed E-state index contributed by atoms with van der Waals surface area (Å²) in [4.78, 5) is 8.55. The van der Waals surface area contributed by atoms with Gasteiger partial charge in [-0.2, -0.15) is 0 Å². The molecule has 0 saturated carbocycles. The molecule has 0 spiro atoms. The van der Waals surface area contributed by atoms with E-state index in [0.717, 1.165) is 70.0 Å². The summed E-state index contributed by atoms with van der Waals surface area (Å²) in [7, 11) is 0. The molecule has 1 aromatic rings. The van der Waals surface area contributed by atoms with E-state index in [1.807, 2.05) is 0 Å². The lowest BCUT2D eigenvalue weighted by molar-refractivity contribution is 0.267. The van der Waals surface area contributed by atoms with Gasteiger partial charge in [-0.1, -0.05) is 72.9 Å². The fourth-order valence-corrected chi connectivity index (χ4v) is 13.8. The predicted molar refractivity (Wildman–Crippen MR) is 233 cm³/mol. The van der Waals surface area contributed by atoms with Gasteiger partial charge in [0.05, 0.1) is 29.4 Å². The van der Waals surface area contributed by atoms with Crippen LogP contribution in [0.3, 0.4) is 0 Å². The van der Waals surface area contributed by atoms with Gasteiger partial charge in [-0.15, -0.1) is 0 Å². The molecule has 59 heavy (non-hydrogen) atoms. The molecular formula is C54H53N3O2. The van der Waals surface area contributed by atoms with Gasteiger partial charge in [0.25, 0.3) is 0 Å². The third-order valence-corrected chi connectivity index (χ3v) is 16.3. The second-order valence-electron chi connectivity index (χ2n) is 19.1. The molecule has 9 aliphatic carbocycles. The summed E-state index contributed by atoms with van der Waals surface area (Å²) in [6.45, 7) is 0. The molecule has 0 aromatic carbocycles. The van der Waals surface area contributed by atoms with E-state index in [2.05, 4.69) is 112 Å². The molecule has 7 unspecified atom stereocenters. The number of furan rings is 1. The molecule has 5 heteroatoms. The van der Waals surface area contributed by atoms with Crippen LogP contribution < -0.4 is 0 Å². The van der Waals surface area contributed by atoms with Gasteiger partial charge in [-0.3, -0.25) is 0 Å². The van der Waals surface area contributed by atoms with Crippen molar-refractivity contribution in [2.45, 2.75) is 114 Å². The molecule has 0 bridgehead atoms. The second-order valence-corrected chi connectivity index (χ2v) is 19.1. The van der Waals surface area contributed by atoms with Gasteiger partial charge >= 0.3 is 0 Å². The largest absolute Gasteiger partial charge is 0.465 e. The maximum Gasteiger partial charge on any atom is 0.112 e. The SMILES string of the molecule is C1=CC2=C(CC1)OC1=CC=C(N3C4=C(CCC5=C4N(C4=Cc6c(oc7c6C=CCC7)CC4)C4C=CC(N6C7=C(C=CCC7)C7C=CCCC76)=CC54)C4CCC=CC43)CC12. The van der Waals surface area contributed by atoms with E-state index in [0.29, 0.717) is 35.8 Å². The van der Waals surface area contributed by atoms with E-state index in [-0.39, 0.29) is 6.04 Å². The van der Waals surface area contributed by atoms with Crippen molar-refractivity contribution in [3.63, 3.8) is 0 Å². The minimum absolute atomic E-state index is 0.265. The highest BCUT2D eigenvalue weighted by Crippen LogP contribution is 2.59. The van der Waals surface area contributed by atoms with Crippen molar-refractivity contribution in [1.82, 2.24) is 14.7 Å². The fraction of sp³-hybridized carbons (Fsp3) is 0.407. The van der Waals surface area contributed by atoms with Crippen LogP contribution >= 0.6 is 0 Å². The summed E-state index contributed by atoms with van der Waals surface area (Å²) < 4.78 is 13.1. The maximum absolute atomic E-state index is 6.59. The zero-order valence-electron chi connectivity index (χ0n) is 34.0. The molecule has 14 rings (SSSR count). The molecule has 0 N–H and O–H groups in total. The van der Waals surface area contributed by atoms with Gasteiger partial charge in [0, 0.05) is 89.0 Å². The van der Waals surface area contributed by atoms with Crippen molar-refractivity contribution in [2.75, 3.05) is 0 Å². The Morgan fingerprint density at radius 1 is 0.576 bits per heavy atom. The van der Waals surface area contributed by atoms with E-state index >= 15 is 0 Å². The van der Waals surface area contributed by atoms with Crippen molar-refractivity contribution in [3.05, 3.63) is 176 Å². The molecule has 0 radical (unpaired) electrons. The monoisotopic (exact) mass is 775 g/mol. The second kappa shape index (κ2) is 12.7. The standard InChI is InChI=1S/C54H53N3O2/c1-6-16-45-35(11-1)36-12-2-7-17-46(36)55(45)32-21-26-48-42(29-32)41-25-24-40-37-13-3-8-18-47(37)56(33-22-27-51-43(30-33)38-14-4-9-19-49(38)58-51)53(40)54(41)57(48)34-23-28-52-44(31-34)39-15-5-10-20-50(39)59-52/h1-2,4-5,8,11-12,14-15,18,21-22,26-27,29,31,35,37,42-43,45,47-48H,3,6-7,9-10,13,16-17,19-20,23-25,28,30H2. The van der Waals surface area contributed by atoms with Crippen molar-refractivity contribution in [1.29, 1.82) is 0 Å². The lowest BCUT2D eigenvalue weighted by atomic mass is 9.79. The summed E-state index contributed by atoms with van der Waals surface area (Å²) in [5, 5.41) is 0. The van der Waals surface area contributed by atoms with Crippen LogP contribution in [-0.2, 0) is 17.6 Å². The van der Waals surface area contributed by atoms with Crippen molar-refractivity contribution >= 4 is 12.2 Å². The van der Waals surface area contributed by atoms with Crippen LogP contribution in [0.15, 0.2) is 157 Å². The number of hydrogen-bond donors (Lipinski definition) is 0. The molecule has 7 atom stereocenters. The molecule has 5 heterocycles. The molecule has 296 valence electrons. The van der Waals surface area contributed by atoms with Crippen LogP contribution in [0.5, 0.6) is 0 Å². The van der Waals surface area contributed by atoms with E-state index in [4.69, 9.17) is 9.15 Å². The van der Waals surface area contributed by atoms with Gasteiger partial charge in [-0.05, 0) is 112 Å². The number of allylic oxidation sites excluding steroid dienone is 15. The highest BCUT2D eigenvalue weighted by atomic mass is 16.5. The van der Waals surface area contributed by atoms with Crippen molar-refractivity contribution in [3.8, 4) is 0 Å². The Morgan fingerprint density at radius 2 is 1.39 bits per heavy atom. The molecule has 0 amide bonds. The highest BCUT2D eigenvalue weighted by molar-refractivity contribution is 5.73. The Hall–Kier alpha value is -5.16. The smallest absolute Gasteiger partial charge is 0.112 e. The summed E-state index contributed by atoms with van der Waals surface area (Å²) in [6, 6.07) is 1.16. The van der Waals surface area contributed by atoms with E-state index < -0.39 is 0 Å². The Balaban J connectivity index is 0.925. The Bertz CT molecular complexity index is 2580.